The minimum Gasteiger partial charge on any atom is -0.204 e. The lowest BCUT2D eigenvalue weighted by atomic mass is 9.77. The quantitative estimate of drug-likeness (QED) is 0.539. The van der Waals surface area contributed by atoms with Crippen molar-refractivity contribution in [3.05, 3.63) is 34.9 Å². The Morgan fingerprint density at radius 3 is 1.62 bits per heavy atom. The third-order valence-electron chi connectivity index (χ3n) is 3.28. The summed E-state index contributed by atoms with van der Waals surface area (Å²) >= 11 is 0. The molecule has 0 amide bonds. The van der Waals surface area contributed by atoms with E-state index in [1.165, 1.54) is 0 Å². The van der Waals surface area contributed by atoms with Crippen molar-refractivity contribution in [1.29, 1.82) is 0 Å². The van der Waals surface area contributed by atoms with Crippen molar-refractivity contribution in [2.45, 2.75) is 39.0 Å². The first-order valence-electron chi connectivity index (χ1n) is 5.20. The van der Waals surface area contributed by atoms with E-state index in [2.05, 4.69) is 0 Å². The fraction of sp³-hybridized carbons (Fsp3) is 0.500. The van der Waals surface area contributed by atoms with Crippen LogP contribution in [0.4, 0.5) is 17.6 Å². The Balaban J connectivity index is 3.54. The fourth-order valence-corrected chi connectivity index (χ4v) is 1.71. The van der Waals surface area contributed by atoms with Crippen LogP contribution in [0.25, 0.3) is 0 Å². The van der Waals surface area contributed by atoms with Crippen LogP contribution in [0, 0.1) is 23.3 Å². The number of hydrogen-bond donors (Lipinski definition) is 0. The summed E-state index contributed by atoms with van der Waals surface area (Å²) in [6.45, 7) is 5.05. The van der Waals surface area contributed by atoms with Gasteiger partial charge in [-0.05, 0) is 18.3 Å². The monoisotopic (exact) mass is 234 g/mol. The van der Waals surface area contributed by atoms with Gasteiger partial charge in [-0.1, -0.05) is 20.8 Å². The van der Waals surface area contributed by atoms with Crippen LogP contribution in [0.1, 0.15) is 39.2 Å². The molecule has 0 nitrogen and oxygen atoms in total. The van der Waals surface area contributed by atoms with E-state index in [-0.39, 0.29) is 6.07 Å². The maximum atomic E-state index is 13.5. The molecule has 0 unspecified atom stereocenters. The van der Waals surface area contributed by atoms with Crippen molar-refractivity contribution in [3.8, 4) is 0 Å². The average molecular weight is 234 g/mol. The second-order valence-electron chi connectivity index (χ2n) is 4.11. The SMILES string of the molecule is CCC(C)(CC)c1c(F)c(F)cc(F)c1F. The van der Waals surface area contributed by atoms with E-state index in [1.54, 1.807) is 20.8 Å². The van der Waals surface area contributed by atoms with E-state index in [0.29, 0.717) is 12.8 Å². The van der Waals surface area contributed by atoms with Gasteiger partial charge in [-0.25, -0.2) is 17.6 Å². The molecule has 0 N–H and O–H groups in total. The lowest BCUT2D eigenvalue weighted by Crippen LogP contribution is -2.24. The van der Waals surface area contributed by atoms with Crippen molar-refractivity contribution in [3.63, 3.8) is 0 Å². The molecule has 0 fully saturated rings. The Labute approximate surface area is 92.3 Å². The molecule has 4 heteroatoms. The Morgan fingerprint density at radius 1 is 0.938 bits per heavy atom. The molecule has 0 saturated carbocycles. The normalized spacial score (nSPS) is 11.9. The molecule has 90 valence electrons. The van der Waals surface area contributed by atoms with Crippen molar-refractivity contribution in [2.75, 3.05) is 0 Å². The van der Waals surface area contributed by atoms with Crippen LogP contribution in [0.3, 0.4) is 0 Å². The molecule has 0 spiro atoms. The van der Waals surface area contributed by atoms with Gasteiger partial charge in [0.1, 0.15) is 0 Å². The molecular formula is C12H14F4. The number of hydrogen-bond acceptors (Lipinski definition) is 0. The smallest absolute Gasteiger partial charge is 0.165 e. The third-order valence-corrected chi connectivity index (χ3v) is 3.28. The molecule has 0 bridgehead atoms. The van der Waals surface area contributed by atoms with Crippen LogP contribution in [0.2, 0.25) is 0 Å². The Hall–Kier alpha value is -1.06. The third kappa shape index (κ3) is 1.93. The van der Waals surface area contributed by atoms with Gasteiger partial charge in [-0.15, -0.1) is 0 Å². The van der Waals surface area contributed by atoms with E-state index in [0.717, 1.165) is 0 Å². The highest BCUT2D eigenvalue weighted by molar-refractivity contribution is 5.29. The Bertz CT molecular complexity index is 368. The molecule has 0 aliphatic rings. The first-order valence-corrected chi connectivity index (χ1v) is 5.20. The summed E-state index contributed by atoms with van der Waals surface area (Å²) in [4.78, 5) is 0. The lowest BCUT2D eigenvalue weighted by molar-refractivity contribution is 0.359. The minimum atomic E-state index is -1.35. The molecule has 0 aliphatic heterocycles. The number of rotatable bonds is 3. The van der Waals surface area contributed by atoms with Gasteiger partial charge in [0.25, 0.3) is 0 Å². The lowest BCUT2D eigenvalue weighted by Gasteiger charge is -2.28. The Kier molecular flexibility index (Phi) is 3.61. The van der Waals surface area contributed by atoms with E-state index >= 15 is 0 Å². The zero-order valence-electron chi connectivity index (χ0n) is 9.50. The molecule has 0 heterocycles. The van der Waals surface area contributed by atoms with E-state index < -0.39 is 34.2 Å². The zero-order valence-corrected chi connectivity index (χ0v) is 9.50. The zero-order chi connectivity index (χ0) is 12.5. The molecule has 1 rings (SSSR count). The summed E-state index contributed by atoms with van der Waals surface area (Å²) in [7, 11) is 0. The second-order valence-corrected chi connectivity index (χ2v) is 4.11. The van der Waals surface area contributed by atoms with Gasteiger partial charge in [-0.3, -0.25) is 0 Å². The molecule has 1 aromatic rings. The second kappa shape index (κ2) is 4.44. The summed E-state index contributed by atoms with van der Waals surface area (Å²) in [6, 6.07) is 0.236. The standard InChI is InChI=1S/C12H14F4/c1-4-12(3,5-2)9-10(15)7(13)6-8(14)11(9)16/h6H,4-5H2,1-3H3. The van der Waals surface area contributed by atoms with Gasteiger partial charge in [0.15, 0.2) is 23.3 Å². The fourth-order valence-electron chi connectivity index (χ4n) is 1.71. The first kappa shape index (κ1) is 13.0. The minimum absolute atomic E-state index is 0.236. The van der Waals surface area contributed by atoms with Crippen LogP contribution < -0.4 is 0 Å². The molecule has 0 atom stereocenters. The van der Waals surface area contributed by atoms with Gasteiger partial charge >= 0.3 is 0 Å². The summed E-state index contributed by atoms with van der Waals surface area (Å²) < 4.78 is 53.1. The van der Waals surface area contributed by atoms with Gasteiger partial charge < -0.3 is 0 Å². The van der Waals surface area contributed by atoms with Crippen LogP contribution in [-0.2, 0) is 5.41 Å². The first-order chi connectivity index (χ1) is 7.37. The maximum Gasteiger partial charge on any atom is 0.165 e. The molecule has 0 aromatic heterocycles. The van der Waals surface area contributed by atoms with E-state index in [1.807, 2.05) is 0 Å². The molecular weight excluding hydrogens is 220 g/mol. The van der Waals surface area contributed by atoms with Crippen LogP contribution in [0.15, 0.2) is 6.07 Å². The largest absolute Gasteiger partial charge is 0.204 e. The predicted octanol–water partition coefficient (Wildman–Crippen LogP) is 4.32. The molecule has 16 heavy (non-hydrogen) atoms. The highest BCUT2D eigenvalue weighted by atomic mass is 19.2. The highest BCUT2D eigenvalue weighted by Gasteiger charge is 2.32. The topological polar surface area (TPSA) is 0 Å². The molecule has 0 radical (unpaired) electrons. The van der Waals surface area contributed by atoms with E-state index in [9.17, 15) is 17.6 Å². The molecule has 1 aromatic carbocycles. The average Bonchev–Trinajstić information content (AvgIpc) is 2.26. The van der Waals surface area contributed by atoms with Crippen molar-refractivity contribution in [2.24, 2.45) is 0 Å². The predicted molar refractivity (Wildman–Crippen MR) is 54.2 cm³/mol. The van der Waals surface area contributed by atoms with Crippen LogP contribution in [-0.4, -0.2) is 0 Å². The Morgan fingerprint density at radius 2 is 1.31 bits per heavy atom. The highest BCUT2D eigenvalue weighted by Crippen LogP contribution is 2.36. The molecule has 0 saturated heterocycles. The van der Waals surface area contributed by atoms with Gasteiger partial charge in [0, 0.05) is 11.6 Å². The van der Waals surface area contributed by atoms with Gasteiger partial charge in [0.05, 0.1) is 0 Å². The molecule has 0 aliphatic carbocycles. The van der Waals surface area contributed by atoms with Gasteiger partial charge in [0.2, 0.25) is 0 Å². The summed E-state index contributed by atoms with van der Waals surface area (Å²) in [6.07, 6.45) is 0.806. The summed E-state index contributed by atoms with van der Waals surface area (Å²) in [5, 5.41) is 0. The van der Waals surface area contributed by atoms with Gasteiger partial charge in [-0.2, -0.15) is 0 Å². The summed E-state index contributed by atoms with van der Waals surface area (Å²) in [5.41, 5.74) is -1.38. The number of benzene rings is 1. The summed E-state index contributed by atoms with van der Waals surface area (Å²) in [5.74, 6) is -5.26. The number of halogens is 4. The van der Waals surface area contributed by atoms with Crippen molar-refractivity contribution < 1.29 is 17.6 Å². The van der Waals surface area contributed by atoms with Crippen molar-refractivity contribution >= 4 is 0 Å². The van der Waals surface area contributed by atoms with E-state index in [4.69, 9.17) is 0 Å². The van der Waals surface area contributed by atoms with Crippen LogP contribution in [0.5, 0.6) is 0 Å². The van der Waals surface area contributed by atoms with Crippen LogP contribution >= 0.6 is 0 Å². The van der Waals surface area contributed by atoms with Crippen molar-refractivity contribution in [1.82, 2.24) is 0 Å². The maximum absolute atomic E-state index is 13.5.